The third kappa shape index (κ3) is 9.00. The summed E-state index contributed by atoms with van der Waals surface area (Å²) in [6, 6.07) is 0. The first-order valence-corrected chi connectivity index (χ1v) is 0. The van der Waals surface area contributed by atoms with E-state index in [9.17, 15) is 0 Å². The first-order chi connectivity index (χ1) is 0. The third-order valence-electron chi connectivity index (χ3n) is 0. The van der Waals surface area contributed by atoms with Crippen LogP contribution in [0.25, 0.3) is 0 Å². The van der Waals surface area contributed by atoms with Crippen molar-refractivity contribution in [3.05, 3.63) is 0 Å². The van der Waals surface area contributed by atoms with Crippen molar-refractivity contribution in [1.82, 2.24) is 0 Å². The standard InChI is InChI=1S/Fe.Mg.Ni.H4Si.2H/h;;;1H4;;/q;+2;;;2*-1. The van der Waals surface area contributed by atoms with Gasteiger partial charge in [-0.1, -0.05) is 0 Å². The van der Waals surface area contributed by atoms with Crippen LogP contribution in [0.15, 0.2) is 0 Å². The zero-order chi connectivity index (χ0) is 0. The fraction of sp³-hybridized carbons (Fsp3) is 0. The van der Waals surface area contributed by atoms with E-state index in [0.29, 0.717) is 0 Å². The van der Waals surface area contributed by atoms with E-state index in [2.05, 4.69) is 0 Å². The molecule has 0 N–H and O–H groups in total. The molecular weight excluding hydrogens is 167 g/mol. The van der Waals surface area contributed by atoms with Gasteiger partial charge in [-0.05, 0) is 11.0 Å². The fourth-order valence-electron chi connectivity index (χ4n) is 0. The van der Waals surface area contributed by atoms with Crippen molar-refractivity contribution in [2.24, 2.45) is 0 Å². The summed E-state index contributed by atoms with van der Waals surface area (Å²) >= 11 is 0. The van der Waals surface area contributed by atoms with Gasteiger partial charge >= 0.3 is 23.1 Å². The SMILES string of the molecule is [Fe].[H-].[H-].[Mg+2].[Ni].[SiH4]. The minimum atomic E-state index is 0. The van der Waals surface area contributed by atoms with Crippen LogP contribution < -0.4 is 0 Å². The van der Waals surface area contributed by atoms with Crippen LogP contribution in [-0.2, 0) is 33.6 Å². The summed E-state index contributed by atoms with van der Waals surface area (Å²) in [7, 11) is 0. The largest absolute Gasteiger partial charge is 2.00 e. The van der Waals surface area contributed by atoms with Crippen molar-refractivity contribution in [2.75, 3.05) is 0 Å². The Labute approximate surface area is 70.0 Å². The van der Waals surface area contributed by atoms with Gasteiger partial charge in [-0.25, -0.2) is 0 Å². The van der Waals surface area contributed by atoms with Crippen molar-refractivity contribution in [3.8, 4) is 0 Å². The summed E-state index contributed by atoms with van der Waals surface area (Å²) < 4.78 is 0. The maximum absolute atomic E-state index is 0. The van der Waals surface area contributed by atoms with E-state index < -0.39 is 0 Å². The van der Waals surface area contributed by atoms with Crippen molar-refractivity contribution < 1.29 is 36.4 Å². The maximum Gasteiger partial charge on any atom is 2.00 e. The molecule has 0 fully saturated rings. The second-order valence-corrected chi connectivity index (χ2v) is 0. The molecule has 0 saturated carbocycles. The van der Waals surface area contributed by atoms with E-state index in [1.807, 2.05) is 0 Å². The molecule has 0 rings (SSSR count). The quantitative estimate of drug-likeness (QED) is 0.386. The molecule has 0 aliphatic heterocycles. The van der Waals surface area contributed by atoms with Crippen LogP contribution >= 0.6 is 0 Å². The van der Waals surface area contributed by atoms with Gasteiger partial charge in [0.2, 0.25) is 0 Å². The summed E-state index contributed by atoms with van der Waals surface area (Å²) in [5, 5.41) is 0. The normalized spacial score (nSPS) is 0. The molecular formula is H6FeMgNiSi. The average Bonchev–Trinajstić information content (AvgIpc) is 0. The summed E-state index contributed by atoms with van der Waals surface area (Å²) in [6.07, 6.45) is 0. The van der Waals surface area contributed by atoms with E-state index in [1.165, 1.54) is 0 Å². The van der Waals surface area contributed by atoms with Gasteiger partial charge in [0.15, 0.2) is 0 Å². The molecule has 0 radical (unpaired) electrons. The van der Waals surface area contributed by atoms with Gasteiger partial charge < -0.3 is 2.85 Å². The molecule has 0 amide bonds. The molecule has 0 aromatic carbocycles. The van der Waals surface area contributed by atoms with Gasteiger partial charge in [-0.2, -0.15) is 0 Å². The number of hydrogen-bond donors (Lipinski definition) is 0. The van der Waals surface area contributed by atoms with Gasteiger partial charge in [0.1, 0.15) is 0 Å². The molecule has 4 heavy (non-hydrogen) atoms. The number of hydrogen-bond acceptors (Lipinski definition) is 0. The topological polar surface area (TPSA) is 0 Å². The number of rotatable bonds is 0. The van der Waals surface area contributed by atoms with E-state index in [0.717, 1.165) is 0 Å². The zero-order valence-corrected chi connectivity index (χ0v) is 4.88. The van der Waals surface area contributed by atoms with Crippen LogP contribution in [0.5, 0.6) is 0 Å². The zero-order valence-electron chi connectivity index (χ0n) is 3.38. The van der Waals surface area contributed by atoms with Crippen LogP contribution in [-0.4, -0.2) is 34.0 Å². The molecule has 0 unspecified atom stereocenters. The Balaban J connectivity index is 0. The van der Waals surface area contributed by atoms with E-state index in [1.54, 1.807) is 0 Å². The van der Waals surface area contributed by atoms with Crippen LogP contribution in [0.2, 0.25) is 0 Å². The van der Waals surface area contributed by atoms with E-state index in [4.69, 9.17) is 0 Å². The minimum absolute atomic E-state index is 0. The first-order valence-electron chi connectivity index (χ1n) is 0. The molecule has 0 aromatic heterocycles. The summed E-state index contributed by atoms with van der Waals surface area (Å²) in [4.78, 5) is 0. The van der Waals surface area contributed by atoms with Crippen LogP contribution in [0.4, 0.5) is 0 Å². The van der Waals surface area contributed by atoms with Gasteiger partial charge in [-0.3, -0.25) is 0 Å². The van der Waals surface area contributed by atoms with Gasteiger partial charge in [-0.15, -0.1) is 0 Å². The molecule has 0 bridgehead atoms. The molecule has 0 atom stereocenters. The molecule has 0 aromatic rings. The van der Waals surface area contributed by atoms with Crippen molar-refractivity contribution in [1.29, 1.82) is 0 Å². The van der Waals surface area contributed by atoms with E-state index >= 15 is 0 Å². The molecule has 0 aliphatic carbocycles. The van der Waals surface area contributed by atoms with Crippen LogP contribution in [0.1, 0.15) is 2.85 Å². The monoisotopic (exact) mass is 172 g/mol. The predicted molar refractivity (Wildman–Crippen MR) is 19.3 cm³/mol. The molecule has 0 nitrogen and oxygen atoms in total. The Morgan fingerprint density at radius 1 is 1.25 bits per heavy atom. The Hall–Kier alpha value is 2.00. The van der Waals surface area contributed by atoms with E-state index in [-0.39, 0.29) is 70.4 Å². The molecule has 0 saturated heterocycles. The molecule has 0 heterocycles. The third-order valence-corrected chi connectivity index (χ3v) is 0. The molecule has 4 heteroatoms. The predicted octanol–water partition coefficient (Wildman–Crippen LogP) is -1.61. The fourth-order valence-corrected chi connectivity index (χ4v) is 0. The first kappa shape index (κ1) is 37.6. The van der Waals surface area contributed by atoms with Gasteiger partial charge in [0, 0.05) is 33.6 Å². The molecule has 30 valence electrons. The second-order valence-electron chi connectivity index (χ2n) is 0. The molecule has 0 aliphatic rings. The van der Waals surface area contributed by atoms with Crippen LogP contribution in [0, 0.1) is 0 Å². The average molecular weight is 173 g/mol. The Bertz CT molecular complexity index is 13.5. The van der Waals surface area contributed by atoms with Crippen LogP contribution in [0.3, 0.4) is 0 Å². The summed E-state index contributed by atoms with van der Waals surface area (Å²) in [5.41, 5.74) is 0. The van der Waals surface area contributed by atoms with Gasteiger partial charge in [0.25, 0.3) is 0 Å². The Morgan fingerprint density at radius 3 is 1.25 bits per heavy atom. The van der Waals surface area contributed by atoms with Gasteiger partial charge in [0.05, 0.1) is 0 Å². The van der Waals surface area contributed by atoms with Crippen molar-refractivity contribution in [3.63, 3.8) is 0 Å². The summed E-state index contributed by atoms with van der Waals surface area (Å²) in [6.45, 7) is 0. The van der Waals surface area contributed by atoms with Crippen molar-refractivity contribution >= 4 is 34.0 Å². The Kier molecular flexibility index (Phi) is 188. The smallest absolute Gasteiger partial charge is 1.00 e. The molecule has 0 spiro atoms. The van der Waals surface area contributed by atoms with Crippen molar-refractivity contribution in [2.45, 2.75) is 0 Å². The minimum Gasteiger partial charge on any atom is -1.00 e. The summed E-state index contributed by atoms with van der Waals surface area (Å²) in [5.74, 6) is 0. The Morgan fingerprint density at radius 2 is 1.25 bits per heavy atom. The second kappa shape index (κ2) is 20.0. The maximum atomic E-state index is 0.